The summed E-state index contributed by atoms with van der Waals surface area (Å²) in [5, 5.41) is 4.90. The lowest BCUT2D eigenvalue weighted by molar-refractivity contribution is -0.145. The number of benzene rings is 3. The molecule has 5 aromatic rings. The van der Waals surface area contributed by atoms with Crippen molar-refractivity contribution in [2.45, 2.75) is 38.8 Å². The minimum Gasteiger partial charge on any atom is -0.464 e. The van der Waals surface area contributed by atoms with Gasteiger partial charge in [-0.1, -0.05) is 78.9 Å². The molecule has 0 unspecified atom stereocenters. The van der Waals surface area contributed by atoms with Crippen LogP contribution < -0.4 is 5.32 Å². The van der Waals surface area contributed by atoms with Crippen molar-refractivity contribution in [3.8, 4) is 0 Å². The van der Waals surface area contributed by atoms with Gasteiger partial charge in [0, 0.05) is 29.3 Å². The Kier molecular flexibility index (Phi) is 7.78. The average Bonchev–Trinajstić information content (AvgIpc) is 3.27. The van der Waals surface area contributed by atoms with Gasteiger partial charge < -0.3 is 14.6 Å². The van der Waals surface area contributed by atoms with Crippen molar-refractivity contribution in [3.63, 3.8) is 0 Å². The van der Waals surface area contributed by atoms with Crippen LogP contribution in [0.15, 0.2) is 97.2 Å². The van der Waals surface area contributed by atoms with Gasteiger partial charge in [0.05, 0.1) is 18.3 Å². The number of aryl methyl sites for hydroxylation is 2. The summed E-state index contributed by atoms with van der Waals surface area (Å²) in [6.45, 7) is 2.84. The van der Waals surface area contributed by atoms with E-state index in [0.717, 1.165) is 46.8 Å². The van der Waals surface area contributed by atoms with Crippen LogP contribution in [0.5, 0.6) is 0 Å². The van der Waals surface area contributed by atoms with Crippen molar-refractivity contribution >= 4 is 33.7 Å². The van der Waals surface area contributed by atoms with Crippen LogP contribution in [0.4, 0.5) is 0 Å². The first-order valence-corrected chi connectivity index (χ1v) is 13.1. The minimum absolute atomic E-state index is 0.244. The summed E-state index contributed by atoms with van der Waals surface area (Å²) in [7, 11) is 0. The molecule has 0 aliphatic heterocycles. The third-order valence-corrected chi connectivity index (χ3v) is 6.74. The number of pyridine rings is 1. The SMILES string of the molecule is CCOC(=O)[C@H](Cc1ccccc1)NC(=O)c1cc2c3ccccc3n(CCCc3ccccc3)c2cn1. The summed E-state index contributed by atoms with van der Waals surface area (Å²) in [4.78, 5) is 30.4. The fourth-order valence-corrected chi connectivity index (χ4v) is 4.91. The van der Waals surface area contributed by atoms with Crippen molar-refractivity contribution < 1.29 is 14.3 Å². The molecule has 192 valence electrons. The molecule has 38 heavy (non-hydrogen) atoms. The molecule has 0 radical (unpaired) electrons. The molecule has 1 N–H and O–H groups in total. The van der Waals surface area contributed by atoms with Gasteiger partial charge >= 0.3 is 5.97 Å². The van der Waals surface area contributed by atoms with Crippen LogP contribution in [-0.2, 0) is 28.9 Å². The highest BCUT2D eigenvalue weighted by Gasteiger charge is 2.24. The molecule has 2 heterocycles. The molecule has 0 saturated heterocycles. The lowest BCUT2D eigenvalue weighted by Gasteiger charge is -2.17. The van der Waals surface area contributed by atoms with Crippen molar-refractivity contribution in [3.05, 3.63) is 114 Å². The van der Waals surface area contributed by atoms with E-state index in [4.69, 9.17) is 4.74 Å². The normalized spacial score (nSPS) is 11.9. The molecule has 6 nitrogen and oxygen atoms in total. The molecule has 0 aliphatic carbocycles. The molecule has 0 spiro atoms. The van der Waals surface area contributed by atoms with Crippen molar-refractivity contribution in [2.24, 2.45) is 0 Å². The Morgan fingerprint density at radius 2 is 1.55 bits per heavy atom. The predicted octanol–water partition coefficient (Wildman–Crippen LogP) is 5.73. The number of hydrogen-bond acceptors (Lipinski definition) is 4. The maximum Gasteiger partial charge on any atom is 0.328 e. The van der Waals surface area contributed by atoms with E-state index in [-0.39, 0.29) is 12.3 Å². The topological polar surface area (TPSA) is 73.2 Å². The van der Waals surface area contributed by atoms with Gasteiger partial charge in [0.25, 0.3) is 5.91 Å². The summed E-state index contributed by atoms with van der Waals surface area (Å²) in [6, 6.07) is 29.3. The van der Waals surface area contributed by atoms with Crippen molar-refractivity contribution in [2.75, 3.05) is 6.61 Å². The van der Waals surface area contributed by atoms with E-state index in [1.807, 2.05) is 54.6 Å². The third-order valence-electron chi connectivity index (χ3n) is 6.74. The highest BCUT2D eigenvalue weighted by Crippen LogP contribution is 2.29. The number of para-hydroxylation sites is 1. The molecular weight excluding hydrogens is 474 g/mol. The van der Waals surface area contributed by atoms with Gasteiger partial charge in [-0.15, -0.1) is 0 Å². The van der Waals surface area contributed by atoms with Crippen LogP contribution >= 0.6 is 0 Å². The van der Waals surface area contributed by atoms with Crippen molar-refractivity contribution in [1.82, 2.24) is 14.9 Å². The second-order valence-electron chi connectivity index (χ2n) is 9.31. The zero-order valence-corrected chi connectivity index (χ0v) is 21.5. The second kappa shape index (κ2) is 11.7. The number of amides is 1. The first-order valence-electron chi connectivity index (χ1n) is 13.1. The number of nitrogens with zero attached hydrogens (tertiary/aromatic N) is 2. The van der Waals surface area contributed by atoms with E-state index in [9.17, 15) is 9.59 Å². The smallest absolute Gasteiger partial charge is 0.328 e. The third kappa shape index (κ3) is 5.59. The van der Waals surface area contributed by atoms with Gasteiger partial charge in [-0.25, -0.2) is 9.78 Å². The average molecular weight is 506 g/mol. The summed E-state index contributed by atoms with van der Waals surface area (Å²) >= 11 is 0. The highest BCUT2D eigenvalue weighted by molar-refractivity contribution is 6.10. The Hall–Kier alpha value is -4.45. The first-order chi connectivity index (χ1) is 18.6. The molecule has 2 aromatic heterocycles. The number of carbonyl (C=O) groups excluding carboxylic acids is 2. The Morgan fingerprint density at radius 1 is 0.868 bits per heavy atom. The number of rotatable bonds is 10. The number of nitrogens with one attached hydrogen (secondary N) is 1. The van der Waals surface area contributed by atoms with E-state index >= 15 is 0 Å². The zero-order valence-electron chi connectivity index (χ0n) is 21.5. The van der Waals surface area contributed by atoms with Crippen molar-refractivity contribution in [1.29, 1.82) is 0 Å². The van der Waals surface area contributed by atoms with Gasteiger partial charge in [-0.05, 0) is 43.0 Å². The molecule has 5 rings (SSSR count). The van der Waals surface area contributed by atoms with E-state index in [0.29, 0.717) is 6.42 Å². The maximum absolute atomic E-state index is 13.3. The molecule has 0 saturated carbocycles. The van der Waals surface area contributed by atoms with E-state index in [1.165, 1.54) is 5.56 Å². The van der Waals surface area contributed by atoms with Gasteiger partial charge in [0.2, 0.25) is 0 Å². The number of ether oxygens (including phenoxy) is 1. The maximum atomic E-state index is 13.3. The Bertz CT molecular complexity index is 1540. The van der Waals surface area contributed by atoms with Crippen LogP contribution in [0.3, 0.4) is 0 Å². The van der Waals surface area contributed by atoms with E-state index < -0.39 is 17.9 Å². The van der Waals surface area contributed by atoms with Crippen LogP contribution in [-0.4, -0.2) is 34.1 Å². The number of esters is 1. The highest BCUT2D eigenvalue weighted by atomic mass is 16.5. The molecular formula is C32H31N3O3. The number of carbonyl (C=O) groups is 2. The van der Waals surface area contributed by atoms with E-state index in [2.05, 4.69) is 51.3 Å². The van der Waals surface area contributed by atoms with Gasteiger partial charge in [-0.3, -0.25) is 4.79 Å². The molecule has 0 fully saturated rings. The lowest BCUT2D eigenvalue weighted by Crippen LogP contribution is -2.43. The first kappa shape index (κ1) is 25.2. The van der Waals surface area contributed by atoms with E-state index in [1.54, 1.807) is 13.1 Å². The quantitative estimate of drug-likeness (QED) is 0.246. The molecule has 0 aliphatic rings. The summed E-state index contributed by atoms with van der Waals surface area (Å²) in [5.74, 6) is -0.859. The van der Waals surface area contributed by atoms with Gasteiger partial charge in [0.1, 0.15) is 11.7 Å². The molecule has 1 atom stereocenters. The summed E-state index contributed by atoms with van der Waals surface area (Å²) < 4.78 is 7.51. The summed E-state index contributed by atoms with van der Waals surface area (Å²) in [6.07, 6.45) is 4.08. The van der Waals surface area contributed by atoms with Crippen LogP contribution in [0.25, 0.3) is 21.8 Å². The summed E-state index contributed by atoms with van der Waals surface area (Å²) in [5.41, 5.74) is 4.63. The lowest BCUT2D eigenvalue weighted by atomic mass is 10.1. The standard InChI is InChI=1S/C32H31N3O3/c1-2-38-32(37)28(20-24-14-7-4-8-15-24)34-31(36)27-21-26-25-17-9-10-18-29(25)35(30(26)22-33-27)19-11-16-23-12-5-3-6-13-23/h3-10,12-15,17-18,21-22,28H,2,11,16,19-20H2,1H3,(H,34,36)/t28-/m0/s1. The van der Waals surface area contributed by atoms with Crippen LogP contribution in [0, 0.1) is 0 Å². The van der Waals surface area contributed by atoms with Gasteiger partial charge in [0.15, 0.2) is 0 Å². The fourth-order valence-electron chi connectivity index (χ4n) is 4.91. The Morgan fingerprint density at radius 3 is 2.29 bits per heavy atom. The largest absolute Gasteiger partial charge is 0.464 e. The Labute approximate surface area is 222 Å². The molecule has 6 heteroatoms. The molecule has 1 amide bonds. The fraction of sp³-hybridized carbons (Fsp3) is 0.219. The Balaban J connectivity index is 1.40. The predicted molar refractivity (Wildman–Crippen MR) is 150 cm³/mol. The zero-order chi connectivity index (χ0) is 26.3. The van der Waals surface area contributed by atoms with Crippen LogP contribution in [0.2, 0.25) is 0 Å². The number of aromatic nitrogens is 2. The van der Waals surface area contributed by atoms with Gasteiger partial charge in [-0.2, -0.15) is 0 Å². The second-order valence-corrected chi connectivity index (χ2v) is 9.31. The monoisotopic (exact) mass is 505 g/mol. The molecule has 0 bridgehead atoms. The number of fused-ring (bicyclic) bond motifs is 3. The molecule has 3 aromatic carbocycles. The van der Waals surface area contributed by atoms with Crippen LogP contribution in [0.1, 0.15) is 35.0 Å². The number of hydrogen-bond donors (Lipinski definition) is 1. The minimum atomic E-state index is -0.804.